The molecule has 0 spiro atoms. The van der Waals surface area contributed by atoms with Crippen LogP contribution in [0.2, 0.25) is 5.02 Å². The van der Waals surface area contributed by atoms with Crippen LogP contribution in [0.4, 0.5) is 5.82 Å². The summed E-state index contributed by atoms with van der Waals surface area (Å²) in [7, 11) is 0. The summed E-state index contributed by atoms with van der Waals surface area (Å²) in [6.07, 6.45) is 0. The van der Waals surface area contributed by atoms with E-state index in [1.807, 2.05) is 44.2 Å². The molecule has 0 unspecified atom stereocenters. The van der Waals surface area contributed by atoms with Gasteiger partial charge in [0.05, 0.1) is 11.4 Å². The van der Waals surface area contributed by atoms with E-state index in [2.05, 4.69) is 15.1 Å². The normalized spacial score (nSPS) is 10.8. The largest absolute Gasteiger partial charge is 0.383 e. The molecule has 0 bridgehead atoms. The molecule has 2 N–H and O–H groups in total. The van der Waals surface area contributed by atoms with E-state index in [1.165, 1.54) is 0 Å². The first-order valence-electron chi connectivity index (χ1n) is 6.47. The second kappa shape index (κ2) is 5.18. The maximum atomic E-state index is 5.94. The quantitative estimate of drug-likeness (QED) is 0.789. The van der Waals surface area contributed by atoms with Gasteiger partial charge in [-0.3, -0.25) is 0 Å². The van der Waals surface area contributed by atoms with Crippen LogP contribution in [0.15, 0.2) is 36.4 Å². The van der Waals surface area contributed by atoms with Gasteiger partial charge in [0.15, 0.2) is 0 Å². The van der Waals surface area contributed by atoms with Gasteiger partial charge in [-0.1, -0.05) is 23.7 Å². The predicted molar refractivity (Wildman–Crippen MR) is 83.5 cm³/mol. The standard InChI is InChI=1S/C15H14ClN5/c1-9-7-13(11-3-5-12(16)6-4-11)19-15(18-9)21-14(17)8-10(2)20-21/h3-8H,17H2,1-2H3. The van der Waals surface area contributed by atoms with Gasteiger partial charge in [-0.15, -0.1) is 0 Å². The van der Waals surface area contributed by atoms with Crippen molar-refractivity contribution in [1.82, 2.24) is 19.7 Å². The van der Waals surface area contributed by atoms with Crippen molar-refractivity contribution in [3.8, 4) is 17.2 Å². The molecule has 2 heterocycles. The van der Waals surface area contributed by atoms with Crippen LogP contribution in [-0.4, -0.2) is 19.7 Å². The van der Waals surface area contributed by atoms with E-state index in [1.54, 1.807) is 10.7 Å². The Bertz CT molecular complexity index is 792. The maximum absolute atomic E-state index is 5.94. The van der Waals surface area contributed by atoms with Crippen LogP contribution in [0, 0.1) is 13.8 Å². The van der Waals surface area contributed by atoms with E-state index in [-0.39, 0.29) is 0 Å². The van der Waals surface area contributed by atoms with Crippen LogP contribution in [0.3, 0.4) is 0 Å². The van der Waals surface area contributed by atoms with E-state index >= 15 is 0 Å². The molecule has 1 aromatic carbocycles. The number of nitrogen functional groups attached to an aromatic ring is 1. The Hall–Kier alpha value is -2.40. The number of anilines is 1. The van der Waals surface area contributed by atoms with Gasteiger partial charge in [-0.2, -0.15) is 9.78 Å². The molecule has 0 amide bonds. The number of hydrogen-bond donors (Lipinski definition) is 1. The van der Waals surface area contributed by atoms with Gasteiger partial charge in [-0.05, 0) is 32.0 Å². The first kappa shape index (κ1) is 13.6. The molecule has 3 aromatic rings. The van der Waals surface area contributed by atoms with Crippen LogP contribution < -0.4 is 5.73 Å². The molecule has 106 valence electrons. The van der Waals surface area contributed by atoms with E-state index in [9.17, 15) is 0 Å². The summed E-state index contributed by atoms with van der Waals surface area (Å²) in [6, 6.07) is 11.2. The summed E-state index contributed by atoms with van der Waals surface area (Å²) < 4.78 is 1.54. The van der Waals surface area contributed by atoms with Gasteiger partial charge in [-0.25, -0.2) is 9.97 Å². The van der Waals surface area contributed by atoms with Gasteiger partial charge in [0, 0.05) is 22.3 Å². The zero-order valence-corrected chi connectivity index (χ0v) is 12.5. The lowest BCUT2D eigenvalue weighted by atomic mass is 10.1. The minimum absolute atomic E-state index is 0.463. The summed E-state index contributed by atoms with van der Waals surface area (Å²) in [5.74, 6) is 0.978. The van der Waals surface area contributed by atoms with Crippen molar-refractivity contribution in [2.75, 3.05) is 5.73 Å². The van der Waals surface area contributed by atoms with Crippen LogP contribution in [0.1, 0.15) is 11.4 Å². The summed E-state index contributed by atoms with van der Waals surface area (Å²) in [5.41, 5.74) is 9.38. The van der Waals surface area contributed by atoms with Crippen LogP contribution in [0.25, 0.3) is 17.2 Å². The van der Waals surface area contributed by atoms with Gasteiger partial charge in [0.25, 0.3) is 5.95 Å². The molecule has 0 aliphatic heterocycles. The maximum Gasteiger partial charge on any atom is 0.253 e. The Kier molecular flexibility index (Phi) is 3.35. The smallest absolute Gasteiger partial charge is 0.253 e. The number of hydrogen-bond acceptors (Lipinski definition) is 4. The first-order chi connectivity index (χ1) is 10.0. The third-order valence-electron chi connectivity index (χ3n) is 3.03. The fraction of sp³-hybridized carbons (Fsp3) is 0.133. The van der Waals surface area contributed by atoms with Gasteiger partial charge < -0.3 is 5.73 Å². The number of benzene rings is 1. The van der Waals surface area contributed by atoms with Crippen molar-refractivity contribution in [3.63, 3.8) is 0 Å². The number of aromatic nitrogens is 4. The predicted octanol–water partition coefficient (Wildman–Crippen LogP) is 3.18. The number of halogens is 1. The zero-order valence-electron chi connectivity index (χ0n) is 11.7. The highest BCUT2D eigenvalue weighted by atomic mass is 35.5. The number of aryl methyl sites for hydroxylation is 2. The molecule has 0 radical (unpaired) electrons. The average molecular weight is 300 g/mol. The zero-order chi connectivity index (χ0) is 15.0. The molecule has 21 heavy (non-hydrogen) atoms. The fourth-order valence-electron chi connectivity index (χ4n) is 2.10. The highest BCUT2D eigenvalue weighted by Gasteiger charge is 2.10. The second-order valence-electron chi connectivity index (χ2n) is 4.82. The topological polar surface area (TPSA) is 69.6 Å². The molecular formula is C15H14ClN5. The summed E-state index contributed by atoms with van der Waals surface area (Å²) in [5, 5.41) is 5.01. The molecule has 5 nitrogen and oxygen atoms in total. The molecule has 0 atom stereocenters. The van der Waals surface area contributed by atoms with Crippen molar-refractivity contribution in [2.45, 2.75) is 13.8 Å². The minimum Gasteiger partial charge on any atom is -0.383 e. The molecule has 3 rings (SSSR count). The number of nitrogens with zero attached hydrogens (tertiary/aromatic N) is 4. The van der Waals surface area contributed by atoms with Crippen LogP contribution in [-0.2, 0) is 0 Å². The third kappa shape index (κ3) is 2.73. The molecule has 6 heteroatoms. The monoisotopic (exact) mass is 299 g/mol. The fourth-order valence-corrected chi connectivity index (χ4v) is 2.22. The average Bonchev–Trinajstić information content (AvgIpc) is 2.78. The lowest BCUT2D eigenvalue weighted by molar-refractivity contribution is 0.801. The van der Waals surface area contributed by atoms with Gasteiger partial charge in [0.2, 0.25) is 0 Å². The Balaban J connectivity index is 2.12. The Morgan fingerprint density at radius 3 is 2.33 bits per heavy atom. The number of rotatable bonds is 2. The van der Waals surface area contributed by atoms with Gasteiger partial charge >= 0.3 is 0 Å². The van der Waals surface area contributed by atoms with Crippen LogP contribution in [0.5, 0.6) is 0 Å². The van der Waals surface area contributed by atoms with Crippen molar-refractivity contribution < 1.29 is 0 Å². The summed E-state index contributed by atoms with van der Waals surface area (Å²) >= 11 is 5.92. The van der Waals surface area contributed by atoms with E-state index in [0.29, 0.717) is 16.8 Å². The SMILES string of the molecule is Cc1cc(-c2ccc(Cl)cc2)nc(-n2nc(C)cc2N)n1. The lowest BCUT2D eigenvalue weighted by Crippen LogP contribution is -2.08. The molecule has 0 saturated carbocycles. The minimum atomic E-state index is 0.463. The summed E-state index contributed by atoms with van der Waals surface area (Å²) in [4.78, 5) is 8.95. The Labute approximate surface area is 127 Å². The summed E-state index contributed by atoms with van der Waals surface area (Å²) in [6.45, 7) is 3.79. The second-order valence-corrected chi connectivity index (χ2v) is 5.26. The van der Waals surface area contributed by atoms with E-state index in [0.717, 1.165) is 22.6 Å². The molecule has 0 saturated heterocycles. The molecule has 0 aliphatic carbocycles. The molecule has 0 fully saturated rings. The molecule has 2 aromatic heterocycles. The van der Waals surface area contributed by atoms with Crippen LogP contribution >= 0.6 is 11.6 Å². The Morgan fingerprint density at radius 1 is 1.00 bits per heavy atom. The number of nitrogens with two attached hydrogens (primary N) is 1. The van der Waals surface area contributed by atoms with Crippen molar-refractivity contribution in [3.05, 3.63) is 52.8 Å². The Morgan fingerprint density at radius 2 is 1.71 bits per heavy atom. The molecule has 0 aliphatic rings. The van der Waals surface area contributed by atoms with Crippen molar-refractivity contribution >= 4 is 17.4 Å². The van der Waals surface area contributed by atoms with Crippen molar-refractivity contribution in [1.29, 1.82) is 0 Å². The third-order valence-corrected chi connectivity index (χ3v) is 3.28. The lowest BCUT2D eigenvalue weighted by Gasteiger charge is -2.07. The first-order valence-corrected chi connectivity index (χ1v) is 6.85. The molecular weight excluding hydrogens is 286 g/mol. The van der Waals surface area contributed by atoms with E-state index in [4.69, 9.17) is 17.3 Å². The highest BCUT2D eigenvalue weighted by molar-refractivity contribution is 6.30. The van der Waals surface area contributed by atoms with E-state index < -0.39 is 0 Å². The highest BCUT2D eigenvalue weighted by Crippen LogP contribution is 2.22. The van der Waals surface area contributed by atoms with Gasteiger partial charge in [0.1, 0.15) is 5.82 Å². The van der Waals surface area contributed by atoms with Crippen molar-refractivity contribution in [2.24, 2.45) is 0 Å².